The van der Waals surface area contributed by atoms with Crippen molar-refractivity contribution in [1.82, 2.24) is 5.32 Å². The van der Waals surface area contributed by atoms with E-state index in [-0.39, 0.29) is 0 Å². The third-order valence-corrected chi connectivity index (χ3v) is 5.12. The van der Waals surface area contributed by atoms with Crippen LogP contribution in [0.15, 0.2) is 0 Å². The van der Waals surface area contributed by atoms with Gasteiger partial charge in [-0.05, 0) is 56.4 Å². The predicted octanol–water partition coefficient (Wildman–Crippen LogP) is 3.61. The Morgan fingerprint density at radius 1 is 1.06 bits per heavy atom. The highest BCUT2D eigenvalue weighted by atomic mass is 16.5. The molecule has 2 heteroatoms. The highest BCUT2D eigenvalue weighted by Gasteiger charge is 2.31. The fraction of sp³-hybridized carbons (Fsp3) is 1.00. The fourth-order valence-corrected chi connectivity index (χ4v) is 3.90. The topological polar surface area (TPSA) is 21.3 Å². The van der Waals surface area contributed by atoms with Gasteiger partial charge >= 0.3 is 0 Å². The molecular weight excluding hydrogens is 222 g/mol. The maximum atomic E-state index is 5.48. The van der Waals surface area contributed by atoms with Gasteiger partial charge in [-0.15, -0.1) is 0 Å². The van der Waals surface area contributed by atoms with Crippen LogP contribution in [0, 0.1) is 17.8 Å². The Balaban J connectivity index is 1.82. The Morgan fingerprint density at radius 3 is 2.44 bits per heavy atom. The fourth-order valence-electron chi connectivity index (χ4n) is 3.90. The molecule has 0 aromatic rings. The molecular formula is C16H31NO. The second-order valence-corrected chi connectivity index (χ2v) is 6.30. The van der Waals surface area contributed by atoms with Crippen LogP contribution in [0.5, 0.6) is 0 Å². The second kappa shape index (κ2) is 7.49. The third kappa shape index (κ3) is 3.96. The Bertz CT molecular complexity index is 225. The molecule has 2 fully saturated rings. The second-order valence-electron chi connectivity index (χ2n) is 6.30. The maximum absolute atomic E-state index is 5.48. The van der Waals surface area contributed by atoms with Gasteiger partial charge in [0.25, 0.3) is 0 Å². The van der Waals surface area contributed by atoms with Crippen LogP contribution in [0.2, 0.25) is 0 Å². The quantitative estimate of drug-likeness (QED) is 0.781. The summed E-state index contributed by atoms with van der Waals surface area (Å²) in [4.78, 5) is 0. The lowest BCUT2D eigenvalue weighted by Gasteiger charge is -2.31. The molecule has 2 aliphatic rings. The molecule has 0 aromatic heterocycles. The molecule has 0 bridgehead atoms. The van der Waals surface area contributed by atoms with E-state index in [2.05, 4.69) is 19.2 Å². The number of rotatable bonds is 6. The SMILES string of the molecule is CCNC(CC1CCOCC1)C1CCC(CC)C1. The number of hydrogen-bond acceptors (Lipinski definition) is 2. The average molecular weight is 253 g/mol. The van der Waals surface area contributed by atoms with Gasteiger partial charge in [0, 0.05) is 19.3 Å². The summed E-state index contributed by atoms with van der Waals surface area (Å²) in [5.74, 6) is 2.85. The van der Waals surface area contributed by atoms with Crippen LogP contribution in [0.4, 0.5) is 0 Å². The molecule has 1 saturated heterocycles. The highest BCUT2D eigenvalue weighted by molar-refractivity contribution is 4.86. The molecule has 1 aliphatic heterocycles. The van der Waals surface area contributed by atoms with E-state index in [1.54, 1.807) is 0 Å². The first-order valence-electron chi connectivity index (χ1n) is 8.14. The molecule has 1 saturated carbocycles. The monoisotopic (exact) mass is 253 g/mol. The average Bonchev–Trinajstić information content (AvgIpc) is 2.88. The summed E-state index contributed by atoms with van der Waals surface area (Å²) >= 11 is 0. The molecule has 2 rings (SSSR count). The first-order valence-corrected chi connectivity index (χ1v) is 8.14. The van der Waals surface area contributed by atoms with E-state index in [1.807, 2.05) is 0 Å². The van der Waals surface area contributed by atoms with Crippen molar-refractivity contribution >= 4 is 0 Å². The minimum absolute atomic E-state index is 0.773. The molecule has 0 radical (unpaired) electrons. The molecule has 1 N–H and O–H groups in total. The van der Waals surface area contributed by atoms with Crippen LogP contribution >= 0.6 is 0 Å². The maximum Gasteiger partial charge on any atom is 0.0468 e. The summed E-state index contributed by atoms with van der Waals surface area (Å²) in [7, 11) is 0. The molecule has 0 aromatic carbocycles. The van der Waals surface area contributed by atoms with Gasteiger partial charge in [0.1, 0.15) is 0 Å². The number of nitrogens with one attached hydrogen (secondary N) is 1. The molecule has 3 unspecified atom stereocenters. The standard InChI is InChI=1S/C16H31NO/c1-3-13-5-6-15(11-13)16(17-4-2)12-14-7-9-18-10-8-14/h13-17H,3-12H2,1-2H3. The predicted molar refractivity (Wildman–Crippen MR) is 76.7 cm³/mol. The third-order valence-electron chi connectivity index (χ3n) is 5.12. The summed E-state index contributed by atoms with van der Waals surface area (Å²) in [6.45, 7) is 7.72. The van der Waals surface area contributed by atoms with Crippen LogP contribution in [-0.2, 0) is 4.74 Å². The van der Waals surface area contributed by atoms with Crippen molar-refractivity contribution in [2.75, 3.05) is 19.8 Å². The van der Waals surface area contributed by atoms with Crippen molar-refractivity contribution in [1.29, 1.82) is 0 Å². The van der Waals surface area contributed by atoms with Gasteiger partial charge in [0.15, 0.2) is 0 Å². The Morgan fingerprint density at radius 2 is 1.83 bits per heavy atom. The zero-order valence-corrected chi connectivity index (χ0v) is 12.3. The molecule has 18 heavy (non-hydrogen) atoms. The van der Waals surface area contributed by atoms with E-state index in [0.29, 0.717) is 0 Å². The van der Waals surface area contributed by atoms with Crippen LogP contribution < -0.4 is 5.32 Å². The van der Waals surface area contributed by atoms with Crippen molar-refractivity contribution < 1.29 is 4.74 Å². The first kappa shape index (κ1) is 14.3. The van der Waals surface area contributed by atoms with E-state index >= 15 is 0 Å². The molecule has 106 valence electrons. The number of ether oxygens (including phenoxy) is 1. The molecule has 0 spiro atoms. The van der Waals surface area contributed by atoms with Crippen LogP contribution in [-0.4, -0.2) is 25.8 Å². The van der Waals surface area contributed by atoms with Gasteiger partial charge in [-0.1, -0.05) is 26.7 Å². The van der Waals surface area contributed by atoms with Gasteiger partial charge in [0.2, 0.25) is 0 Å². The van der Waals surface area contributed by atoms with Crippen molar-refractivity contribution in [2.24, 2.45) is 17.8 Å². The summed E-state index contributed by atoms with van der Waals surface area (Å²) < 4.78 is 5.48. The van der Waals surface area contributed by atoms with Crippen LogP contribution in [0.25, 0.3) is 0 Å². The molecule has 0 amide bonds. The summed E-state index contributed by atoms with van der Waals surface area (Å²) in [6.07, 6.45) is 9.73. The van der Waals surface area contributed by atoms with Gasteiger partial charge < -0.3 is 10.1 Å². The lowest BCUT2D eigenvalue weighted by atomic mass is 9.85. The van der Waals surface area contributed by atoms with E-state index in [9.17, 15) is 0 Å². The first-order chi connectivity index (χ1) is 8.83. The van der Waals surface area contributed by atoms with E-state index in [1.165, 1.54) is 44.9 Å². The molecule has 1 aliphatic carbocycles. The molecule has 1 heterocycles. The zero-order valence-electron chi connectivity index (χ0n) is 12.3. The minimum atomic E-state index is 0.773. The summed E-state index contributed by atoms with van der Waals surface area (Å²) in [6, 6.07) is 0.773. The smallest absolute Gasteiger partial charge is 0.0468 e. The van der Waals surface area contributed by atoms with E-state index in [4.69, 9.17) is 4.74 Å². The summed E-state index contributed by atoms with van der Waals surface area (Å²) in [5, 5.41) is 3.78. The lowest BCUT2D eigenvalue weighted by molar-refractivity contribution is 0.0579. The van der Waals surface area contributed by atoms with Crippen molar-refractivity contribution in [3.63, 3.8) is 0 Å². The largest absolute Gasteiger partial charge is 0.381 e. The lowest BCUT2D eigenvalue weighted by Crippen LogP contribution is -2.38. The van der Waals surface area contributed by atoms with Gasteiger partial charge in [-0.25, -0.2) is 0 Å². The van der Waals surface area contributed by atoms with Crippen molar-refractivity contribution in [2.45, 2.75) is 64.8 Å². The van der Waals surface area contributed by atoms with Gasteiger partial charge in [-0.3, -0.25) is 0 Å². The highest BCUT2D eigenvalue weighted by Crippen LogP contribution is 2.37. The molecule has 3 atom stereocenters. The van der Waals surface area contributed by atoms with Crippen LogP contribution in [0.3, 0.4) is 0 Å². The van der Waals surface area contributed by atoms with Crippen LogP contribution in [0.1, 0.15) is 58.8 Å². The minimum Gasteiger partial charge on any atom is -0.381 e. The zero-order chi connectivity index (χ0) is 12.8. The Labute approximate surface area is 113 Å². The van der Waals surface area contributed by atoms with Crippen molar-refractivity contribution in [3.8, 4) is 0 Å². The van der Waals surface area contributed by atoms with Gasteiger partial charge in [0.05, 0.1) is 0 Å². The van der Waals surface area contributed by atoms with Gasteiger partial charge in [-0.2, -0.15) is 0 Å². The Hall–Kier alpha value is -0.0800. The van der Waals surface area contributed by atoms with Crippen molar-refractivity contribution in [3.05, 3.63) is 0 Å². The van der Waals surface area contributed by atoms with E-state index in [0.717, 1.165) is 43.6 Å². The normalized spacial score (nSPS) is 31.7. The van der Waals surface area contributed by atoms with E-state index < -0.39 is 0 Å². The number of hydrogen-bond donors (Lipinski definition) is 1. The summed E-state index contributed by atoms with van der Waals surface area (Å²) in [5.41, 5.74) is 0. The molecule has 2 nitrogen and oxygen atoms in total. The Kier molecular flexibility index (Phi) is 5.97.